The highest BCUT2D eigenvalue weighted by molar-refractivity contribution is 7.09. The molecule has 0 unspecified atom stereocenters. The molecule has 0 radical (unpaired) electrons. The highest BCUT2D eigenvalue weighted by atomic mass is 32.1. The smallest absolute Gasteiger partial charge is 0.222 e. The van der Waals surface area contributed by atoms with Crippen molar-refractivity contribution in [3.63, 3.8) is 0 Å². The summed E-state index contributed by atoms with van der Waals surface area (Å²) in [5, 5.41) is 2.05. The fourth-order valence-corrected chi connectivity index (χ4v) is 2.54. The molecule has 3 nitrogen and oxygen atoms in total. The first-order chi connectivity index (χ1) is 9.25. The highest BCUT2D eigenvalue weighted by Crippen LogP contribution is 2.11. The van der Waals surface area contributed by atoms with Gasteiger partial charge in [-0.2, -0.15) is 0 Å². The van der Waals surface area contributed by atoms with Crippen LogP contribution in [0, 0.1) is 0 Å². The zero-order chi connectivity index (χ0) is 13.5. The summed E-state index contributed by atoms with van der Waals surface area (Å²) in [6.45, 7) is 0.723. The molecule has 0 aliphatic carbocycles. The third-order valence-electron chi connectivity index (χ3n) is 3.02. The number of pyridine rings is 1. The molecule has 0 N–H and O–H groups in total. The lowest BCUT2D eigenvalue weighted by Crippen LogP contribution is -2.29. The number of aromatic nitrogens is 1. The summed E-state index contributed by atoms with van der Waals surface area (Å²) in [6.07, 6.45) is 4.01. The van der Waals surface area contributed by atoms with Crippen LogP contribution in [0.25, 0.3) is 0 Å². The Bertz CT molecular complexity index is 496. The Labute approximate surface area is 117 Å². The van der Waals surface area contributed by atoms with Crippen LogP contribution in [-0.2, 0) is 17.6 Å². The molecule has 0 saturated carbocycles. The summed E-state index contributed by atoms with van der Waals surface area (Å²) < 4.78 is 0. The molecule has 4 heteroatoms. The molecule has 0 spiro atoms. The molecule has 2 aromatic rings. The van der Waals surface area contributed by atoms with Crippen LogP contribution in [0.1, 0.15) is 17.0 Å². The normalized spacial score (nSPS) is 10.4. The van der Waals surface area contributed by atoms with Crippen molar-refractivity contribution in [2.75, 3.05) is 13.6 Å². The Morgan fingerprint density at radius 1 is 1.26 bits per heavy atom. The Morgan fingerprint density at radius 3 is 2.84 bits per heavy atom. The summed E-state index contributed by atoms with van der Waals surface area (Å²) in [5.41, 5.74) is 1.03. The van der Waals surface area contributed by atoms with Crippen LogP contribution in [-0.4, -0.2) is 29.4 Å². The van der Waals surface area contributed by atoms with Gasteiger partial charge < -0.3 is 4.90 Å². The van der Waals surface area contributed by atoms with Gasteiger partial charge in [-0.1, -0.05) is 12.1 Å². The zero-order valence-electron chi connectivity index (χ0n) is 11.1. The third-order valence-corrected chi connectivity index (χ3v) is 3.96. The summed E-state index contributed by atoms with van der Waals surface area (Å²) in [4.78, 5) is 19.3. The van der Waals surface area contributed by atoms with Gasteiger partial charge in [0, 0.05) is 43.2 Å². The molecule has 0 atom stereocenters. The maximum Gasteiger partial charge on any atom is 0.222 e. The first kappa shape index (κ1) is 13.7. The van der Waals surface area contributed by atoms with Gasteiger partial charge in [-0.3, -0.25) is 9.78 Å². The van der Waals surface area contributed by atoms with E-state index in [1.54, 1.807) is 22.4 Å². The maximum atomic E-state index is 12.0. The fraction of sp³-hybridized carbons (Fsp3) is 0.333. The molecule has 100 valence electrons. The van der Waals surface area contributed by atoms with Gasteiger partial charge in [-0.15, -0.1) is 11.3 Å². The van der Waals surface area contributed by atoms with E-state index >= 15 is 0 Å². The average Bonchev–Trinajstić information content (AvgIpc) is 2.96. The molecule has 2 heterocycles. The van der Waals surface area contributed by atoms with Crippen LogP contribution >= 0.6 is 11.3 Å². The lowest BCUT2D eigenvalue weighted by Gasteiger charge is -2.16. The number of likely N-dealkylation sites (N-methyl/N-ethyl adjacent to an activating group) is 1. The number of aryl methyl sites for hydroxylation is 1. The molecule has 0 fully saturated rings. The van der Waals surface area contributed by atoms with E-state index in [2.05, 4.69) is 11.1 Å². The fourth-order valence-electron chi connectivity index (χ4n) is 1.83. The number of hydrogen-bond acceptors (Lipinski definition) is 3. The Kier molecular flexibility index (Phi) is 5.10. The van der Waals surface area contributed by atoms with Crippen LogP contribution in [0.5, 0.6) is 0 Å². The van der Waals surface area contributed by atoms with E-state index in [1.165, 1.54) is 4.88 Å². The quantitative estimate of drug-likeness (QED) is 0.811. The Hall–Kier alpha value is -1.68. The minimum absolute atomic E-state index is 0.198. The van der Waals surface area contributed by atoms with Crippen LogP contribution in [0.3, 0.4) is 0 Å². The van der Waals surface area contributed by atoms with E-state index in [-0.39, 0.29) is 5.91 Å². The molecule has 0 saturated heterocycles. The van der Waals surface area contributed by atoms with Crippen molar-refractivity contribution >= 4 is 17.2 Å². The maximum absolute atomic E-state index is 12.0. The molecule has 19 heavy (non-hydrogen) atoms. The molecular formula is C15H18N2OS. The lowest BCUT2D eigenvalue weighted by molar-refractivity contribution is -0.129. The summed E-state index contributed by atoms with van der Waals surface area (Å²) in [6, 6.07) is 9.96. The van der Waals surface area contributed by atoms with E-state index in [0.717, 1.165) is 25.1 Å². The summed E-state index contributed by atoms with van der Waals surface area (Å²) in [7, 11) is 1.86. The van der Waals surface area contributed by atoms with Crippen LogP contribution < -0.4 is 0 Å². The predicted molar refractivity (Wildman–Crippen MR) is 78.2 cm³/mol. The minimum atomic E-state index is 0.198. The molecule has 0 aliphatic rings. The van der Waals surface area contributed by atoms with Crippen LogP contribution in [0.4, 0.5) is 0 Å². The van der Waals surface area contributed by atoms with Crippen LogP contribution in [0.2, 0.25) is 0 Å². The van der Waals surface area contributed by atoms with Crippen molar-refractivity contribution < 1.29 is 4.79 Å². The zero-order valence-corrected chi connectivity index (χ0v) is 11.9. The van der Waals surface area contributed by atoms with Crippen molar-refractivity contribution in [2.24, 2.45) is 0 Å². The topological polar surface area (TPSA) is 33.2 Å². The Morgan fingerprint density at radius 2 is 2.16 bits per heavy atom. The number of rotatable bonds is 6. The number of carbonyl (C=O) groups is 1. The SMILES string of the molecule is CN(CCc1ccccn1)C(=O)CCc1cccs1. The van der Waals surface area contributed by atoms with Gasteiger partial charge >= 0.3 is 0 Å². The van der Waals surface area contributed by atoms with Gasteiger partial charge in [0.25, 0.3) is 0 Å². The van der Waals surface area contributed by atoms with E-state index in [4.69, 9.17) is 0 Å². The molecule has 1 amide bonds. The molecule has 0 aromatic carbocycles. The molecule has 0 bridgehead atoms. The van der Waals surface area contributed by atoms with E-state index < -0.39 is 0 Å². The van der Waals surface area contributed by atoms with Crippen molar-refractivity contribution in [3.05, 3.63) is 52.5 Å². The van der Waals surface area contributed by atoms with Crippen molar-refractivity contribution in [2.45, 2.75) is 19.3 Å². The van der Waals surface area contributed by atoms with Crippen molar-refractivity contribution in [1.29, 1.82) is 0 Å². The van der Waals surface area contributed by atoms with E-state index in [9.17, 15) is 4.79 Å². The average molecular weight is 274 g/mol. The number of nitrogens with zero attached hydrogens (tertiary/aromatic N) is 2. The molecule has 2 aromatic heterocycles. The van der Waals surface area contributed by atoms with E-state index in [1.807, 2.05) is 36.7 Å². The second kappa shape index (κ2) is 7.04. The lowest BCUT2D eigenvalue weighted by atomic mass is 10.2. The second-order valence-electron chi connectivity index (χ2n) is 4.47. The molecule has 2 rings (SSSR count). The monoisotopic (exact) mass is 274 g/mol. The van der Waals surface area contributed by atoms with Crippen molar-refractivity contribution in [1.82, 2.24) is 9.88 Å². The second-order valence-corrected chi connectivity index (χ2v) is 5.50. The number of hydrogen-bond donors (Lipinski definition) is 0. The summed E-state index contributed by atoms with van der Waals surface area (Å²) in [5.74, 6) is 0.198. The summed E-state index contributed by atoms with van der Waals surface area (Å²) >= 11 is 1.71. The molecular weight excluding hydrogens is 256 g/mol. The first-order valence-electron chi connectivity index (χ1n) is 6.42. The van der Waals surface area contributed by atoms with Gasteiger partial charge in [0.05, 0.1) is 0 Å². The van der Waals surface area contributed by atoms with Gasteiger partial charge in [0.15, 0.2) is 0 Å². The minimum Gasteiger partial charge on any atom is -0.345 e. The molecule has 0 aliphatic heterocycles. The Balaban J connectivity index is 1.73. The highest BCUT2D eigenvalue weighted by Gasteiger charge is 2.09. The van der Waals surface area contributed by atoms with Gasteiger partial charge in [0.2, 0.25) is 5.91 Å². The van der Waals surface area contributed by atoms with Gasteiger partial charge in [-0.25, -0.2) is 0 Å². The number of thiophene rings is 1. The van der Waals surface area contributed by atoms with Gasteiger partial charge in [-0.05, 0) is 30.0 Å². The van der Waals surface area contributed by atoms with Crippen LogP contribution in [0.15, 0.2) is 41.9 Å². The number of carbonyl (C=O) groups excluding carboxylic acids is 1. The largest absolute Gasteiger partial charge is 0.345 e. The predicted octanol–water partition coefficient (Wildman–Crippen LogP) is 2.78. The third kappa shape index (κ3) is 4.48. The first-order valence-corrected chi connectivity index (χ1v) is 7.30. The number of amides is 1. The van der Waals surface area contributed by atoms with E-state index in [0.29, 0.717) is 6.42 Å². The van der Waals surface area contributed by atoms with Gasteiger partial charge in [0.1, 0.15) is 0 Å². The standard InChI is InChI=1S/C15H18N2OS/c1-17(11-9-13-5-2-3-10-16-13)15(18)8-7-14-6-4-12-19-14/h2-6,10,12H,7-9,11H2,1H3. The van der Waals surface area contributed by atoms with Crippen molar-refractivity contribution in [3.8, 4) is 0 Å².